The van der Waals surface area contributed by atoms with Gasteiger partial charge in [0.15, 0.2) is 11.4 Å². The van der Waals surface area contributed by atoms with E-state index in [0.717, 1.165) is 81.2 Å². The maximum absolute atomic E-state index is 12.4. The molecule has 2 atom stereocenters. The fraction of sp³-hybridized carbons (Fsp3) is 0.436. The molecule has 2 N–H and O–H groups in total. The Labute approximate surface area is 313 Å². The molecule has 14 heteroatoms. The van der Waals surface area contributed by atoms with Gasteiger partial charge in [-0.3, -0.25) is 29.5 Å². The number of hydrogen-bond donors (Lipinski definition) is 2. The first kappa shape index (κ1) is 35.2. The lowest BCUT2D eigenvalue weighted by molar-refractivity contribution is -0.134. The van der Waals surface area contributed by atoms with E-state index in [1.807, 2.05) is 38.5 Å². The number of aryl methyl sites for hydroxylation is 2. The minimum Gasteiger partial charge on any atom is -0.453 e. The molecule has 5 aromatic rings. The van der Waals surface area contributed by atoms with Crippen molar-refractivity contribution in [1.82, 2.24) is 44.8 Å². The van der Waals surface area contributed by atoms with Crippen molar-refractivity contribution in [2.75, 3.05) is 44.2 Å². The lowest BCUT2D eigenvalue weighted by Crippen LogP contribution is -2.52. The first-order valence-electron chi connectivity index (χ1n) is 18.5. The van der Waals surface area contributed by atoms with Crippen LogP contribution in [0.2, 0.25) is 5.02 Å². The molecule has 3 fully saturated rings. The third kappa shape index (κ3) is 7.64. The van der Waals surface area contributed by atoms with E-state index in [4.69, 9.17) is 16.3 Å². The second kappa shape index (κ2) is 14.9. The van der Waals surface area contributed by atoms with Crippen molar-refractivity contribution in [3.05, 3.63) is 77.0 Å². The number of hydrogen-bond acceptors (Lipinski definition) is 10. The van der Waals surface area contributed by atoms with Crippen LogP contribution in [-0.2, 0) is 23.2 Å². The van der Waals surface area contributed by atoms with Crippen LogP contribution in [0.1, 0.15) is 55.3 Å². The topological polar surface area (TPSA) is 137 Å². The Balaban J connectivity index is 0.822. The summed E-state index contributed by atoms with van der Waals surface area (Å²) in [5, 5.41) is 7.31. The Morgan fingerprint density at radius 2 is 1.83 bits per heavy atom. The number of anilines is 1. The number of nitrogens with one attached hydrogen (secondary N) is 2. The van der Waals surface area contributed by atoms with Crippen LogP contribution in [-0.4, -0.2) is 96.6 Å². The number of piperazine rings is 1. The van der Waals surface area contributed by atoms with Gasteiger partial charge in [-0.1, -0.05) is 23.7 Å². The molecule has 13 nitrogen and oxygen atoms in total. The fourth-order valence-corrected chi connectivity index (χ4v) is 8.20. The van der Waals surface area contributed by atoms with Gasteiger partial charge in [0, 0.05) is 77.7 Å². The molecule has 276 valence electrons. The summed E-state index contributed by atoms with van der Waals surface area (Å²) >= 11 is 6.58. The van der Waals surface area contributed by atoms with Gasteiger partial charge in [-0.2, -0.15) is 5.10 Å². The van der Waals surface area contributed by atoms with E-state index in [-0.39, 0.29) is 17.7 Å². The average molecular weight is 737 g/mol. The molecule has 7 heterocycles. The Morgan fingerprint density at radius 3 is 2.57 bits per heavy atom. The number of nitrogens with zero attached hydrogens (tertiary/aromatic N) is 8. The highest BCUT2D eigenvalue weighted by atomic mass is 35.5. The highest BCUT2D eigenvalue weighted by Gasteiger charge is 2.30. The number of aromatic amines is 1. The van der Waals surface area contributed by atoms with Gasteiger partial charge < -0.3 is 19.5 Å². The van der Waals surface area contributed by atoms with Gasteiger partial charge >= 0.3 is 0 Å². The average Bonchev–Trinajstić information content (AvgIpc) is 3.73. The van der Waals surface area contributed by atoms with Gasteiger partial charge in [-0.15, -0.1) is 0 Å². The standard InChI is InChI=1S/C39H45ClN10O3/c1-24-20-48(21-27-10-12-49(13-11-27)29-16-28(17-41-18-29)31-8-9-34(51)43-39(31)52)14-15-50(24)22-26-4-6-30(7-5-26)53-36-33(40)19-42-38-35(36)44-37(45-38)32-23-47(3)46-25(32)2/h4-7,16-19,23-24,27,31H,8-15,20-22H2,1-3H3,(H,42,44,45)(H,43,51,52)/t24-,31+/m0/s1. The Hall–Kier alpha value is -4.85. The molecule has 0 bridgehead atoms. The number of aromatic nitrogens is 6. The number of carbonyl (C=O) groups excluding carboxylic acids is 2. The van der Waals surface area contributed by atoms with Crippen molar-refractivity contribution in [3.63, 3.8) is 0 Å². The molecular formula is C39H45ClN10O3. The van der Waals surface area contributed by atoms with Crippen molar-refractivity contribution in [2.45, 2.75) is 58.0 Å². The third-order valence-corrected chi connectivity index (χ3v) is 11.2. The van der Waals surface area contributed by atoms with Crippen LogP contribution < -0.4 is 15.0 Å². The molecule has 0 spiro atoms. The van der Waals surface area contributed by atoms with Crippen molar-refractivity contribution in [1.29, 1.82) is 0 Å². The van der Waals surface area contributed by atoms with E-state index in [9.17, 15) is 9.59 Å². The van der Waals surface area contributed by atoms with Crippen LogP contribution in [0.5, 0.6) is 11.5 Å². The van der Waals surface area contributed by atoms with Crippen LogP contribution in [0.4, 0.5) is 5.69 Å². The lowest BCUT2D eigenvalue weighted by atomic mass is 9.91. The summed E-state index contributed by atoms with van der Waals surface area (Å²) in [6.45, 7) is 11.4. The zero-order chi connectivity index (χ0) is 36.6. The minimum atomic E-state index is -0.310. The molecule has 0 unspecified atom stereocenters. The van der Waals surface area contributed by atoms with Crippen molar-refractivity contribution < 1.29 is 14.3 Å². The van der Waals surface area contributed by atoms with Crippen molar-refractivity contribution in [2.24, 2.45) is 13.0 Å². The number of halogens is 1. The van der Waals surface area contributed by atoms with Gasteiger partial charge in [0.1, 0.15) is 22.1 Å². The molecule has 0 saturated carbocycles. The summed E-state index contributed by atoms with van der Waals surface area (Å²) in [7, 11) is 1.88. The van der Waals surface area contributed by atoms with Crippen LogP contribution in [0.15, 0.2) is 55.1 Å². The largest absolute Gasteiger partial charge is 0.453 e. The van der Waals surface area contributed by atoms with Gasteiger partial charge in [0.05, 0.1) is 35.3 Å². The van der Waals surface area contributed by atoms with Crippen LogP contribution in [0.3, 0.4) is 0 Å². The molecule has 0 radical (unpaired) electrons. The van der Waals surface area contributed by atoms with E-state index >= 15 is 0 Å². The number of carbonyl (C=O) groups is 2. The quantitative estimate of drug-likeness (QED) is 0.188. The number of rotatable bonds is 9. The molecular weight excluding hydrogens is 692 g/mol. The second-order valence-corrected chi connectivity index (χ2v) is 15.2. The summed E-state index contributed by atoms with van der Waals surface area (Å²) in [6.07, 6.45) is 10.3. The van der Waals surface area contributed by atoms with Gasteiger partial charge in [0.25, 0.3) is 0 Å². The highest BCUT2D eigenvalue weighted by Crippen LogP contribution is 2.36. The Bertz CT molecular complexity index is 2120. The second-order valence-electron chi connectivity index (χ2n) is 14.8. The van der Waals surface area contributed by atoms with E-state index in [1.54, 1.807) is 17.1 Å². The summed E-state index contributed by atoms with van der Waals surface area (Å²) in [5.74, 6) is 1.80. The number of imidazole rings is 1. The number of fused-ring (bicyclic) bond motifs is 1. The van der Waals surface area contributed by atoms with Crippen molar-refractivity contribution >= 4 is 40.3 Å². The Morgan fingerprint density at radius 1 is 1.02 bits per heavy atom. The van der Waals surface area contributed by atoms with Gasteiger partial charge in [-0.05, 0) is 68.4 Å². The molecule has 2 amide bonds. The monoisotopic (exact) mass is 736 g/mol. The first-order chi connectivity index (χ1) is 25.7. The fourth-order valence-electron chi connectivity index (χ4n) is 8.02. The zero-order valence-electron chi connectivity index (χ0n) is 30.4. The van der Waals surface area contributed by atoms with Crippen molar-refractivity contribution in [3.8, 4) is 22.9 Å². The molecule has 1 aromatic carbocycles. The number of H-pyrrole nitrogens is 1. The molecule has 3 saturated heterocycles. The SMILES string of the molecule is Cc1nn(C)cc1-c1nc2ncc(Cl)c(Oc3ccc(CN4CCN(CC5CCN(c6cncc([C@H]7CCC(=O)NC7=O)c6)CC5)C[C@@H]4C)cc3)c2[nH]1. The zero-order valence-corrected chi connectivity index (χ0v) is 31.1. The van der Waals surface area contributed by atoms with Gasteiger partial charge in [0.2, 0.25) is 11.8 Å². The molecule has 8 rings (SSSR count). The normalized spacial score (nSPS) is 20.6. The molecule has 3 aliphatic rings. The number of amides is 2. The van der Waals surface area contributed by atoms with E-state index in [0.29, 0.717) is 58.3 Å². The Kier molecular flexibility index (Phi) is 9.88. The maximum atomic E-state index is 12.4. The first-order valence-corrected chi connectivity index (χ1v) is 18.9. The molecule has 53 heavy (non-hydrogen) atoms. The maximum Gasteiger partial charge on any atom is 0.234 e. The van der Waals surface area contributed by atoms with Gasteiger partial charge in [-0.25, -0.2) is 9.97 Å². The van der Waals surface area contributed by atoms with Crippen LogP contribution >= 0.6 is 11.6 Å². The predicted molar refractivity (Wildman–Crippen MR) is 203 cm³/mol. The number of pyridine rings is 2. The molecule has 0 aliphatic carbocycles. The predicted octanol–water partition coefficient (Wildman–Crippen LogP) is 5.45. The summed E-state index contributed by atoms with van der Waals surface area (Å²) in [6, 6.07) is 10.8. The molecule has 3 aliphatic heterocycles. The number of ether oxygens (including phenoxy) is 1. The summed E-state index contributed by atoms with van der Waals surface area (Å²) < 4.78 is 8.08. The van der Waals surface area contributed by atoms with Crippen LogP contribution in [0.25, 0.3) is 22.6 Å². The highest BCUT2D eigenvalue weighted by molar-refractivity contribution is 6.32. The summed E-state index contributed by atoms with van der Waals surface area (Å²) in [5.41, 5.74) is 6.14. The number of imide groups is 1. The minimum absolute atomic E-state index is 0.192. The lowest BCUT2D eigenvalue weighted by Gasteiger charge is -2.42. The smallest absolute Gasteiger partial charge is 0.234 e. The van der Waals surface area contributed by atoms with E-state index < -0.39 is 0 Å². The molecule has 4 aromatic heterocycles. The van der Waals surface area contributed by atoms with E-state index in [2.05, 4.69) is 70.2 Å². The van der Waals surface area contributed by atoms with E-state index in [1.165, 1.54) is 5.56 Å². The van der Waals surface area contributed by atoms with Crippen LogP contribution in [0, 0.1) is 12.8 Å². The third-order valence-electron chi connectivity index (χ3n) is 11.0. The summed E-state index contributed by atoms with van der Waals surface area (Å²) in [4.78, 5) is 48.5. The number of benzene rings is 1. The number of piperidine rings is 2.